The molecule has 1 N–H and O–H groups in total. The van der Waals surface area contributed by atoms with Crippen LogP contribution in [0.15, 0.2) is 0 Å². The van der Waals surface area contributed by atoms with Gasteiger partial charge in [-0.25, -0.2) is 0 Å². The molecular formula is C13H22BrNO2. The van der Waals surface area contributed by atoms with Gasteiger partial charge in [-0.2, -0.15) is 0 Å². The number of ether oxygens (including phenoxy) is 1. The highest BCUT2D eigenvalue weighted by Crippen LogP contribution is 2.24. The Kier molecular flexibility index (Phi) is 5.29. The third-order valence-corrected chi connectivity index (χ3v) is 4.89. The lowest BCUT2D eigenvalue weighted by atomic mass is 10.00. The van der Waals surface area contributed by atoms with Crippen molar-refractivity contribution >= 4 is 21.8 Å². The van der Waals surface area contributed by atoms with Crippen LogP contribution in [0.4, 0.5) is 0 Å². The minimum atomic E-state index is 0.0757. The highest BCUT2D eigenvalue weighted by molar-refractivity contribution is 9.09. The molecule has 0 spiro atoms. The molecule has 2 rings (SSSR count). The van der Waals surface area contributed by atoms with Gasteiger partial charge in [0.1, 0.15) is 0 Å². The van der Waals surface area contributed by atoms with Gasteiger partial charge in [0.05, 0.1) is 12.5 Å². The van der Waals surface area contributed by atoms with E-state index in [9.17, 15) is 4.79 Å². The van der Waals surface area contributed by atoms with Crippen LogP contribution in [0.2, 0.25) is 0 Å². The van der Waals surface area contributed by atoms with Gasteiger partial charge in [0.25, 0.3) is 0 Å². The van der Waals surface area contributed by atoms with Gasteiger partial charge in [0.2, 0.25) is 5.91 Å². The maximum absolute atomic E-state index is 12.1. The maximum Gasteiger partial charge on any atom is 0.225 e. The van der Waals surface area contributed by atoms with E-state index in [1.807, 2.05) is 0 Å². The average molecular weight is 304 g/mol. The molecule has 0 radical (unpaired) electrons. The van der Waals surface area contributed by atoms with E-state index in [2.05, 4.69) is 21.2 Å². The third kappa shape index (κ3) is 3.95. The second-order valence-corrected chi connectivity index (χ2v) is 6.36. The van der Waals surface area contributed by atoms with E-state index in [-0.39, 0.29) is 11.8 Å². The van der Waals surface area contributed by atoms with Gasteiger partial charge in [-0.05, 0) is 25.7 Å². The van der Waals surface area contributed by atoms with Gasteiger partial charge >= 0.3 is 0 Å². The zero-order valence-corrected chi connectivity index (χ0v) is 11.9. The molecule has 1 aliphatic heterocycles. The summed E-state index contributed by atoms with van der Waals surface area (Å²) in [6, 6.07) is 0.312. The predicted molar refractivity (Wildman–Crippen MR) is 71.3 cm³/mol. The molecule has 3 atom stereocenters. The summed E-state index contributed by atoms with van der Waals surface area (Å²) in [4.78, 5) is 12.6. The first-order chi connectivity index (χ1) is 8.27. The van der Waals surface area contributed by atoms with E-state index < -0.39 is 0 Å². The highest BCUT2D eigenvalue weighted by Gasteiger charge is 2.27. The van der Waals surface area contributed by atoms with Crippen molar-refractivity contribution in [1.82, 2.24) is 5.32 Å². The van der Waals surface area contributed by atoms with Crippen molar-refractivity contribution in [3.05, 3.63) is 0 Å². The van der Waals surface area contributed by atoms with Crippen molar-refractivity contribution in [3.8, 4) is 0 Å². The molecule has 2 aliphatic rings. The van der Waals surface area contributed by atoms with E-state index in [0.717, 1.165) is 25.9 Å². The predicted octanol–water partition coefficient (Wildman–Crippen LogP) is 2.63. The molecule has 0 aromatic heterocycles. The SMILES string of the molecule is O=C(NC1CCCCCC1Br)C1CCCOC1. The number of rotatable bonds is 2. The number of amides is 1. The van der Waals surface area contributed by atoms with E-state index in [4.69, 9.17) is 4.74 Å². The van der Waals surface area contributed by atoms with Gasteiger partial charge in [-0.15, -0.1) is 0 Å². The lowest BCUT2D eigenvalue weighted by Gasteiger charge is -2.26. The summed E-state index contributed by atoms with van der Waals surface area (Å²) >= 11 is 3.71. The van der Waals surface area contributed by atoms with Gasteiger partial charge in [0.15, 0.2) is 0 Å². The van der Waals surface area contributed by atoms with Crippen molar-refractivity contribution in [2.45, 2.75) is 55.8 Å². The van der Waals surface area contributed by atoms with E-state index in [1.54, 1.807) is 0 Å². The Bertz CT molecular complexity index is 254. The van der Waals surface area contributed by atoms with Crippen LogP contribution in [0, 0.1) is 5.92 Å². The molecule has 17 heavy (non-hydrogen) atoms. The molecule has 1 heterocycles. The topological polar surface area (TPSA) is 38.3 Å². The first kappa shape index (κ1) is 13.3. The fraction of sp³-hybridized carbons (Fsp3) is 0.923. The molecule has 1 aliphatic carbocycles. The minimum absolute atomic E-state index is 0.0757. The van der Waals surface area contributed by atoms with Crippen LogP contribution in [0.5, 0.6) is 0 Å². The quantitative estimate of drug-likeness (QED) is 0.629. The summed E-state index contributed by atoms with van der Waals surface area (Å²) in [6.07, 6.45) is 8.07. The smallest absolute Gasteiger partial charge is 0.225 e. The Labute approximate surface area is 112 Å². The normalized spacial score (nSPS) is 35.0. The lowest BCUT2D eigenvalue weighted by molar-refractivity contribution is -0.129. The Balaban J connectivity index is 1.83. The number of alkyl halides is 1. The summed E-state index contributed by atoms with van der Waals surface area (Å²) < 4.78 is 5.37. The molecule has 4 heteroatoms. The monoisotopic (exact) mass is 303 g/mol. The zero-order chi connectivity index (χ0) is 12.1. The number of halogens is 1. The summed E-state index contributed by atoms with van der Waals surface area (Å²) in [5.74, 6) is 0.271. The average Bonchev–Trinajstić information content (AvgIpc) is 2.56. The van der Waals surface area contributed by atoms with Crippen LogP contribution in [-0.2, 0) is 9.53 Å². The Hall–Kier alpha value is -0.0900. The van der Waals surface area contributed by atoms with Crippen molar-refractivity contribution in [3.63, 3.8) is 0 Å². The molecule has 0 aromatic carbocycles. The second-order valence-electron chi connectivity index (χ2n) is 5.18. The molecule has 0 aromatic rings. The molecule has 3 nitrogen and oxygen atoms in total. The summed E-state index contributed by atoms with van der Waals surface area (Å²) in [5.41, 5.74) is 0. The molecule has 1 saturated carbocycles. The highest BCUT2D eigenvalue weighted by atomic mass is 79.9. The molecular weight excluding hydrogens is 282 g/mol. The Morgan fingerprint density at radius 1 is 1.12 bits per heavy atom. The Morgan fingerprint density at radius 2 is 1.94 bits per heavy atom. The third-order valence-electron chi connectivity index (χ3n) is 3.79. The maximum atomic E-state index is 12.1. The van der Waals surface area contributed by atoms with Crippen molar-refractivity contribution in [2.24, 2.45) is 5.92 Å². The molecule has 0 bridgehead atoms. The molecule has 2 fully saturated rings. The lowest BCUT2D eigenvalue weighted by Crippen LogP contribution is -2.45. The first-order valence-corrected chi connectivity index (χ1v) is 7.71. The van der Waals surface area contributed by atoms with Gasteiger partial charge < -0.3 is 10.1 Å². The van der Waals surface area contributed by atoms with Gasteiger partial charge in [-0.1, -0.05) is 35.2 Å². The first-order valence-electron chi connectivity index (χ1n) is 6.79. The largest absolute Gasteiger partial charge is 0.381 e. The van der Waals surface area contributed by atoms with E-state index >= 15 is 0 Å². The fourth-order valence-electron chi connectivity index (χ4n) is 2.67. The minimum Gasteiger partial charge on any atom is -0.381 e. The number of hydrogen-bond acceptors (Lipinski definition) is 2. The molecule has 3 unspecified atom stereocenters. The molecule has 1 saturated heterocycles. The Morgan fingerprint density at radius 3 is 2.71 bits per heavy atom. The van der Waals surface area contributed by atoms with Crippen LogP contribution < -0.4 is 5.32 Å². The van der Waals surface area contributed by atoms with Crippen LogP contribution in [0.3, 0.4) is 0 Å². The van der Waals surface area contributed by atoms with Crippen LogP contribution in [0.25, 0.3) is 0 Å². The zero-order valence-electron chi connectivity index (χ0n) is 10.3. The van der Waals surface area contributed by atoms with Crippen molar-refractivity contribution in [2.75, 3.05) is 13.2 Å². The number of carbonyl (C=O) groups excluding carboxylic acids is 1. The number of carbonyl (C=O) groups is 1. The van der Waals surface area contributed by atoms with Crippen LogP contribution >= 0.6 is 15.9 Å². The van der Waals surface area contributed by atoms with Gasteiger partial charge in [-0.3, -0.25) is 4.79 Å². The number of hydrogen-bond donors (Lipinski definition) is 1. The summed E-state index contributed by atoms with van der Waals surface area (Å²) in [7, 11) is 0. The van der Waals surface area contributed by atoms with E-state index in [0.29, 0.717) is 17.5 Å². The van der Waals surface area contributed by atoms with Gasteiger partial charge in [0, 0.05) is 17.5 Å². The second kappa shape index (κ2) is 6.74. The summed E-state index contributed by atoms with van der Waals surface area (Å²) in [5, 5.41) is 3.21. The standard InChI is InChI=1S/C13H22BrNO2/c14-11-6-2-1-3-7-12(11)15-13(16)10-5-4-8-17-9-10/h10-12H,1-9H2,(H,15,16). The number of nitrogens with one attached hydrogen (secondary N) is 1. The fourth-order valence-corrected chi connectivity index (χ4v) is 3.39. The molecule has 98 valence electrons. The van der Waals surface area contributed by atoms with Crippen molar-refractivity contribution < 1.29 is 9.53 Å². The van der Waals surface area contributed by atoms with Crippen LogP contribution in [-0.4, -0.2) is 30.0 Å². The summed E-state index contributed by atoms with van der Waals surface area (Å²) in [6.45, 7) is 1.42. The van der Waals surface area contributed by atoms with Crippen molar-refractivity contribution in [1.29, 1.82) is 0 Å². The van der Waals surface area contributed by atoms with Crippen LogP contribution in [0.1, 0.15) is 44.9 Å². The van der Waals surface area contributed by atoms with E-state index in [1.165, 1.54) is 25.7 Å². The molecule has 1 amide bonds.